The van der Waals surface area contributed by atoms with Gasteiger partial charge < -0.3 is 20.7 Å². The summed E-state index contributed by atoms with van der Waals surface area (Å²) in [4.78, 5) is 20.0. The quantitative estimate of drug-likeness (QED) is 0.461. The molecule has 0 fully saturated rings. The van der Waals surface area contributed by atoms with E-state index in [1.54, 1.807) is 13.2 Å². The summed E-state index contributed by atoms with van der Waals surface area (Å²) in [7, 11) is 1.74. The minimum absolute atomic E-state index is 0.0153. The van der Waals surface area contributed by atoms with Gasteiger partial charge in [-0.15, -0.1) is 0 Å². The van der Waals surface area contributed by atoms with Gasteiger partial charge in [0.1, 0.15) is 5.75 Å². The van der Waals surface area contributed by atoms with Gasteiger partial charge in [0, 0.05) is 45.0 Å². The zero-order chi connectivity index (χ0) is 19.3. The number of nitrogens with one attached hydrogen (secondary N) is 3. The maximum absolute atomic E-state index is 11.5. The van der Waals surface area contributed by atoms with E-state index in [9.17, 15) is 4.79 Å². The van der Waals surface area contributed by atoms with Gasteiger partial charge in [-0.05, 0) is 36.8 Å². The number of guanidine groups is 1. The lowest BCUT2D eigenvalue weighted by Gasteiger charge is -2.12. The largest absolute Gasteiger partial charge is 0.484 e. The first-order chi connectivity index (χ1) is 13.2. The van der Waals surface area contributed by atoms with E-state index in [1.165, 1.54) is 0 Å². The van der Waals surface area contributed by atoms with Gasteiger partial charge in [0.15, 0.2) is 12.6 Å². The molecular weight excluding hydrogens is 342 g/mol. The topological polar surface area (TPSA) is 87.6 Å². The number of amides is 1. The van der Waals surface area contributed by atoms with Gasteiger partial charge in [-0.1, -0.05) is 18.2 Å². The number of carbonyl (C=O) groups excluding carboxylic acids is 1. The molecule has 1 heterocycles. The highest BCUT2D eigenvalue weighted by Crippen LogP contribution is 2.13. The number of carbonyl (C=O) groups is 1. The normalized spacial score (nSPS) is 11.0. The Morgan fingerprint density at radius 3 is 2.78 bits per heavy atom. The van der Waals surface area contributed by atoms with Crippen LogP contribution in [-0.4, -0.2) is 43.6 Å². The molecule has 0 saturated heterocycles. The van der Waals surface area contributed by atoms with Crippen LogP contribution < -0.4 is 20.7 Å². The number of aromatic nitrogens is 1. The molecule has 0 aliphatic rings. The monoisotopic (exact) mass is 369 g/mol. The van der Waals surface area contributed by atoms with Gasteiger partial charge in [0.2, 0.25) is 0 Å². The van der Waals surface area contributed by atoms with Crippen molar-refractivity contribution in [1.29, 1.82) is 0 Å². The van der Waals surface area contributed by atoms with E-state index in [2.05, 4.69) is 25.9 Å². The molecule has 144 valence electrons. The first-order valence-corrected chi connectivity index (χ1v) is 9.04. The predicted octanol–water partition coefficient (Wildman–Crippen LogP) is 1.50. The molecule has 0 aliphatic heterocycles. The molecule has 1 amide bonds. The van der Waals surface area contributed by atoms with E-state index in [0.29, 0.717) is 18.8 Å². The Morgan fingerprint density at radius 1 is 1.15 bits per heavy atom. The minimum atomic E-state index is -0.126. The zero-order valence-corrected chi connectivity index (χ0v) is 15.9. The summed E-state index contributed by atoms with van der Waals surface area (Å²) in [6, 6.07) is 13.5. The van der Waals surface area contributed by atoms with Crippen LogP contribution >= 0.6 is 0 Å². The van der Waals surface area contributed by atoms with Crippen molar-refractivity contribution in [3.8, 4) is 5.75 Å². The highest BCUT2D eigenvalue weighted by atomic mass is 16.5. The Kier molecular flexibility index (Phi) is 8.62. The molecule has 7 nitrogen and oxygen atoms in total. The van der Waals surface area contributed by atoms with Crippen LogP contribution in [-0.2, 0) is 17.8 Å². The lowest BCUT2D eigenvalue weighted by molar-refractivity contribution is -0.122. The SMILES string of the molecule is CCNC(=O)COc1cccc(CNC(=NC)NCCc2ccccn2)c1. The zero-order valence-electron chi connectivity index (χ0n) is 15.9. The Morgan fingerprint density at radius 2 is 2.04 bits per heavy atom. The van der Waals surface area contributed by atoms with Crippen molar-refractivity contribution in [2.24, 2.45) is 4.99 Å². The fraction of sp³-hybridized carbons (Fsp3) is 0.350. The molecule has 2 aromatic rings. The van der Waals surface area contributed by atoms with Crippen LogP contribution in [0.25, 0.3) is 0 Å². The number of pyridine rings is 1. The first kappa shape index (κ1) is 20.2. The number of hydrogen-bond acceptors (Lipinski definition) is 4. The summed E-state index contributed by atoms with van der Waals surface area (Å²) in [5.74, 6) is 1.26. The second-order valence-electron chi connectivity index (χ2n) is 5.81. The number of benzene rings is 1. The second-order valence-corrected chi connectivity index (χ2v) is 5.81. The van der Waals surface area contributed by atoms with Crippen LogP contribution in [0.1, 0.15) is 18.2 Å². The number of ether oxygens (including phenoxy) is 1. The van der Waals surface area contributed by atoms with Gasteiger partial charge in [-0.3, -0.25) is 14.8 Å². The van der Waals surface area contributed by atoms with E-state index in [4.69, 9.17) is 4.74 Å². The van der Waals surface area contributed by atoms with Crippen LogP contribution in [0, 0.1) is 0 Å². The third-order valence-corrected chi connectivity index (χ3v) is 3.73. The first-order valence-electron chi connectivity index (χ1n) is 9.04. The van der Waals surface area contributed by atoms with E-state index in [0.717, 1.165) is 30.2 Å². The standard InChI is InChI=1S/C20H27N5O2/c1-3-22-19(26)15-27-18-9-6-7-16(13-18)14-25-20(21-2)24-12-10-17-8-4-5-11-23-17/h4-9,11,13H,3,10,12,14-15H2,1-2H3,(H,22,26)(H2,21,24,25). The predicted molar refractivity (Wildman–Crippen MR) is 107 cm³/mol. The van der Waals surface area contributed by atoms with Crippen LogP contribution in [0.4, 0.5) is 0 Å². The fourth-order valence-electron chi connectivity index (χ4n) is 2.40. The molecule has 0 saturated carbocycles. The molecule has 27 heavy (non-hydrogen) atoms. The van der Waals surface area contributed by atoms with E-state index in [1.807, 2.05) is 49.4 Å². The molecule has 1 aromatic heterocycles. The lowest BCUT2D eigenvalue weighted by Crippen LogP contribution is -2.37. The van der Waals surface area contributed by atoms with Crippen LogP contribution in [0.2, 0.25) is 0 Å². The van der Waals surface area contributed by atoms with Gasteiger partial charge in [0.05, 0.1) is 0 Å². The van der Waals surface area contributed by atoms with Crippen molar-refractivity contribution in [3.05, 3.63) is 59.9 Å². The van der Waals surface area contributed by atoms with Crippen molar-refractivity contribution >= 4 is 11.9 Å². The molecule has 3 N–H and O–H groups in total. The molecule has 0 aliphatic carbocycles. The van der Waals surface area contributed by atoms with Crippen molar-refractivity contribution in [2.45, 2.75) is 19.9 Å². The van der Waals surface area contributed by atoms with Crippen LogP contribution in [0.15, 0.2) is 53.7 Å². The second kappa shape index (κ2) is 11.5. The summed E-state index contributed by atoms with van der Waals surface area (Å²) in [5, 5.41) is 9.24. The summed E-state index contributed by atoms with van der Waals surface area (Å²) in [5.41, 5.74) is 2.08. The van der Waals surface area contributed by atoms with E-state index >= 15 is 0 Å². The van der Waals surface area contributed by atoms with Gasteiger partial charge >= 0.3 is 0 Å². The molecule has 2 rings (SSSR count). The average Bonchev–Trinajstić information content (AvgIpc) is 2.70. The summed E-state index contributed by atoms with van der Waals surface area (Å²) < 4.78 is 5.52. The molecule has 0 unspecified atom stereocenters. The molecule has 7 heteroatoms. The Hall–Kier alpha value is -3.09. The Bertz CT molecular complexity index is 734. The third-order valence-electron chi connectivity index (χ3n) is 3.73. The summed E-state index contributed by atoms with van der Waals surface area (Å²) >= 11 is 0. The highest BCUT2D eigenvalue weighted by Gasteiger charge is 2.03. The number of rotatable bonds is 9. The van der Waals surface area contributed by atoms with Crippen molar-refractivity contribution < 1.29 is 9.53 Å². The number of likely N-dealkylation sites (N-methyl/N-ethyl adjacent to an activating group) is 1. The summed E-state index contributed by atoms with van der Waals surface area (Å²) in [6.07, 6.45) is 2.62. The fourth-order valence-corrected chi connectivity index (χ4v) is 2.40. The molecule has 0 bridgehead atoms. The Labute approximate surface area is 160 Å². The maximum atomic E-state index is 11.5. The third kappa shape index (κ3) is 7.77. The van der Waals surface area contributed by atoms with Gasteiger partial charge in [-0.25, -0.2) is 0 Å². The minimum Gasteiger partial charge on any atom is -0.484 e. The average molecular weight is 369 g/mol. The lowest BCUT2D eigenvalue weighted by atomic mass is 10.2. The number of nitrogens with zero attached hydrogens (tertiary/aromatic N) is 2. The maximum Gasteiger partial charge on any atom is 0.257 e. The molecule has 0 spiro atoms. The van der Waals surface area contributed by atoms with Gasteiger partial charge in [-0.2, -0.15) is 0 Å². The number of aliphatic imine (C=N–C) groups is 1. The van der Waals surface area contributed by atoms with Gasteiger partial charge in [0.25, 0.3) is 5.91 Å². The Balaban J connectivity index is 1.76. The molecule has 0 atom stereocenters. The smallest absolute Gasteiger partial charge is 0.257 e. The van der Waals surface area contributed by atoms with Crippen molar-refractivity contribution in [3.63, 3.8) is 0 Å². The summed E-state index contributed by atoms with van der Waals surface area (Å²) in [6.45, 7) is 3.83. The van der Waals surface area contributed by atoms with Crippen molar-refractivity contribution in [1.82, 2.24) is 20.9 Å². The van der Waals surface area contributed by atoms with Crippen LogP contribution in [0.5, 0.6) is 5.75 Å². The van der Waals surface area contributed by atoms with Crippen LogP contribution in [0.3, 0.4) is 0 Å². The number of hydrogen-bond donors (Lipinski definition) is 3. The molecule has 1 aromatic carbocycles. The van der Waals surface area contributed by atoms with E-state index in [-0.39, 0.29) is 12.5 Å². The van der Waals surface area contributed by atoms with E-state index < -0.39 is 0 Å². The van der Waals surface area contributed by atoms with Crippen molar-refractivity contribution in [2.75, 3.05) is 26.7 Å². The molecular formula is C20H27N5O2. The molecule has 0 radical (unpaired) electrons. The highest BCUT2D eigenvalue weighted by molar-refractivity contribution is 5.79.